The largest absolute Gasteiger partial charge is 0.492 e. The second kappa shape index (κ2) is 5.98. The van der Waals surface area contributed by atoms with Gasteiger partial charge in [0.1, 0.15) is 10.6 Å². The monoisotopic (exact) mass is 314 g/mol. The molecular formula is C13H18N2O5S. The van der Waals surface area contributed by atoms with Crippen LogP contribution in [0.5, 0.6) is 5.75 Å². The molecule has 8 heteroatoms. The average Bonchev–Trinajstić information content (AvgIpc) is 2.82. The van der Waals surface area contributed by atoms with Gasteiger partial charge < -0.3 is 9.84 Å². The van der Waals surface area contributed by atoms with E-state index in [1.807, 2.05) is 0 Å². The van der Waals surface area contributed by atoms with Crippen LogP contribution in [0.15, 0.2) is 23.4 Å². The van der Waals surface area contributed by atoms with Crippen LogP contribution in [-0.2, 0) is 14.8 Å². The Morgan fingerprint density at radius 2 is 2.24 bits per heavy atom. The van der Waals surface area contributed by atoms with Gasteiger partial charge in [0.2, 0.25) is 10.0 Å². The van der Waals surface area contributed by atoms with Gasteiger partial charge in [0.05, 0.1) is 18.7 Å². The van der Waals surface area contributed by atoms with Crippen molar-refractivity contribution in [2.45, 2.75) is 18.7 Å². The van der Waals surface area contributed by atoms with E-state index in [1.165, 1.54) is 22.8 Å². The van der Waals surface area contributed by atoms with Crippen molar-refractivity contribution in [1.29, 1.82) is 0 Å². The summed E-state index contributed by atoms with van der Waals surface area (Å²) in [5.41, 5.74) is 0. The molecular weight excluding hydrogens is 296 g/mol. The van der Waals surface area contributed by atoms with Gasteiger partial charge in [-0.1, -0.05) is 6.92 Å². The Morgan fingerprint density at radius 3 is 2.81 bits per heavy atom. The first-order chi connectivity index (χ1) is 9.87. The lowest BCUT2D eigenvalue weighted by atomic mass is 9.99. The maximum Gasteiger partial charge on any atom is 0.308 e. The van der Waals surface area contributed by atoms with Crippen LogP contribution in [0.2, 0.25) is 0 Å². The molecule has 2 heterocycles. The van der Waals surface area contributed by atoms with Crippen molar-refractivity contribution in [3.8, 4) is 5.75 Å². The summed E-state index contributed by atoms with van der Waals surface area (Å²) in [6.45, 7) is 3.98. The lowest BCUT2D eigenvalue weighted by Gasteiger charge is -2.18. The van der Waals surface area contributed by atoms with Crippen LogP contribution in [0.1, 0.15) is 13.8 Å². The number of carboxylic acids is 1. The molecule has 1 aromatic rings. The first kappa shape index (κ1) is 15.7. The fourth-order valence-corrected chi connectivity index (χ4v) is 4.06. The highest BCUT2D eigenvalue weighted by Crippen LogP contribution is 2.32. The summed E-state index contributed by atoms with van der Waals surface area (Å²) < 4.78 is 31.8. The molecule has 116 valence electrons. The third-order valence-corrected chi connectivity index (χ3v) is 5.40. The van der Waals surface area contributed by atoms with Crippen molar-refractivity contribution in [1.82, 2.24) is 9.29 Å². The highest BCUT2D eigenvalue weighted by molar-refractivity contribution is 7.89. The number of rotatable bonds is 5. The number of nitrogens with zero attached hydrogens (tertiary/aromatic N) is 2. The first-order valence-corrected chi connectivity index (χ1v) is 8.11. The van der Waals surface area contributed by atoms with Gasteiger partial charge in [-0.05, 0) is 18.9 Å². The second-order valence-corrected chi connectivity index (χ2v) is 6.91. The minimum absolute atomic E-state index is 0.0231. The molecule has 2 atom stereocenters. The van der Waals surface area contributed by atoms with Crippen LogP contribution in [0, 0.1) is 11.8 Å². The van der Waals surface area contributed by atoms with E-state index in [0.29, 0.717) is 6.61 Å². The Bertz CT molecular complexity index is 631. The van der Waals surface area contributed by atoms with Crippen molar-refractivity contribution in [3.05, 3.63) is 18.5 Å². The summed E-state index contributed by atoms with van der Waals surface area (Å²) in [6, 6.07) is 1.49. The molecule has 1 saturated heterocycles. The molecule has 1 aromatic heterocycles. The molecule has 0 saturated carbocycles. The van der Waals surface area contributed by atoms with Gasteiger partial charge in [-0.2, -0.15) is 4.31 Å². The van der Waals surface area contributed by atoms with Crippen LogP contribution in [0.4, 0.5) is 0 Å². The molecule has 0 spiro atoms. The Kier molecular flexibility index (Phi) is 4.48. The minimum Gasteiger partial charge on any atom is -0.492 e. The summed E-state index contributed by atoms with van der Waals surface area (Å²) in [5, 5.41) is 9.12. The number of pyridine rings is 1. The van der Waals surface area contributed by atoms with Gasteiger partial charge in [-0.25, -0.2) is 8.42 Å². The molecule has 1 aliphatic heterocycles. The van der Waals surface area contributed by atoms with E-state index in [2.05, 4.69) is 4.98 Å². The van der Waals surface area contributed by atoms with Gasteiger partial charge in [0, 0.05) is 19.3 Å². The zero-order valence-corrected chi connectivity index (χ0v) is 12.7. The number of sulfonamides is 1. The van der Waals surface area contributed by atoms with E-state index >= 15 is 0 Å². The molecule has 0 unspecified atom stereocenters. The molecule has 0 radical (unpaired) electrons. The summed E-state index contributed by atoms with van der Waals surface area (Å²) in [4.78, 5) is 14.9. The highest BCUT2D eigenvalue weighted by atomic mass is 32.2. The Morgan fingerprint density at radius 1 is 1.52 bits per heavy atom. The zero-order chi connectivity index (χ0) is 15.6. The number of aromatic nitrogens is 1. The minimum atomic E-state index is -3.81. The Balaban J connectivity index is 2.34. The lowest BCUT2D eigenvalue weighted by molar-refractivity contribution is -0.142. The predicted molar refractivity (Wildman–Crippen MR) is 74.5 cm³/mol. The molecule has 1 N–H and O–H groups in total. The summed E-state index contributed by atoms with van der Waals surface area (Å²) in [6.07, 6.45) is 2.69. The van der Waals surface area contributed by atoms with Crippen LogP contribution >= 0.6 is 0 Å². The SMILES string of the molecule is CCOc1ccncc1S(=O)(=O)N1C[C@@H](C)[C@H](C(=O)O)C1. The van der Waals surface area contributed by atoms with E-state index in [4.69, 9.17) is 9.84 Å². The summed E-state index contributed by atoms with van der Waals surface area (Å²) in [5.74, 6) is -1.66. The normalized spacial score (nSPS) is 23.1. The molecule has 21 heavy (non-hydrogen) atoms. The van der Waals surface area contributed by atoms with Crippen LogP contribution in [-0.4, -0.2) is 48.5 Å². The fourth-order valence-electron chi connectivity index (χ4n) is 2.41. The second-order valence-electron chi connectivity index (χ2n) is 5.00. The van der Waals surface area contributed by atoms with Crippen molar-refractivity contribution in [2.24, 2.45) is 11.8 Å². The first-order valence-electron chi connectivity index (χ1n) is 6.67. The van der Waals surface area contributed by atoms with E-state index in [1.54, 1.807) is 13.8 Å². The number of carbonyl (C=O) groups is 1. The zero-order valence-electron chi connectivity index (χ0n) is 11.9. The Hall–Kier alpha value is -1.67. The Labute approximate surface area is 123 Å². The maximum absolute atomic E-state index is 12.7. The standard InChI is InChI=1S/C13H18N2O5S/c1-3-20-11-4-5-14-6-12(11)21(18,19)15-7-9(2)10(8-15)13(16)17/h4-6,9-10H,3,7-8H2,1-2H3,(H,16,17)/t9-,10-/m1/s1. The molecule has 0 aliphatic carbocycles. The smallest absolute Gasteiger partial charge is 0.308 e. The topological polar surface area (TPSA) is 96.8 Å². The third-order valence-electron chi connectivity index (χ3n) is 3.56. The van der Waals surface area contributed by atoms with Gasteiger partial charge in [-0.3, -0.25) is 9.78 Å². The number of carboxylic acid groups (broad SMARTS) is 1. The summed E-state index contributed by atoms with van der Waals surface area (Å²) >= 11 is 0. The van der Waals surface area contributed by atoms with Crippen LogP contribution in [0.3, 0.4) is 0 Å². The van der Waals surface area contributed by atoms with Crippen molar-refractivity contribution in [2.75, 3.05) is 19.7 Å². The fraction of sp³-hybridized carbons (Fsp3) is 0.538. The quantitative estimate of drug-likeness (QED) is 0.864. The molecule has 2 rings (SSSR count). The van der Waals surface area contributed by atoms with Gasteiger partial charge in [0.25, 0.3) is 0 Å². The van der Waals surface area contributed by atoms with Crippen molar-refractivity contribution in [3.63, 3.8) is 0 Å². The number of ether oxygens (including phenoxy) is 1. The molecule has 0 amide bonds. The van der Waals surface area contributed by atoms with Gasteiger partial charge in [-0.15, -0.1) is 0 Å². The van der Waals surface area contributed by atoms with Crippen molar-refractivity contribution < 1.29 is 23.1 Å². The number of hydrogen-bond acceptors (Lipinski definition) is 5. The van der Waals surface area contributed by atoms with Crippen molar-refractivity contribution >= 4 is 16.0 Å². The number of aliphatic carboxylic acids is 1. The average molecular weight is 314 g/mol. The van der Waals surface area contributed by atoms with E-state index in [-0.39, 0.29) is 29.7 Å². The van der Waals surface area contributed by atoms with Gasteiger partial charge >= 0.3 is 5.97 Å². The molecule has 0 aromatic carbocycles. The third kappa shape index (κ3) is 3.01. The molecule has 1 aliphatic rings. The number of hydrogen-bond donors (Lipinski definition) is 1. The summed E-state index contributed by atoms with van der Waals surface area (Å²) in [7, 11) is -3.81. The van der Waals surface area contributed by atoms with Crippen LogP contribution in [0.25, 0.3) is 0 Å². The lowest BCUT2D eigenvalue weighted by Crippen LogP contribution is -2.30. The highest BCUT2D eigenvalue weighted by Gasteiger charge is 2.41. The molecule has 7 nitrogen and oxygen atoms in total. The van der Waals surface area contributed by atoms with Crippen LogP contribution < -0.4 is 4.74 Å². The van der Waals surface area contributed by atoms with E-state index in [9.17, 15) is 13.2 Å². The van der Waals surface area contributed by atoms with E-state index in [0.717, 1.165) is 0 Å². The molecule has 0 bridgehead atoms. The maximum atomic E-state index is 12.7. The predicted octanol–water partition coefficient (Wildman–Crippen LogP) is 0.822. The van der Waals surface area contributed by atoms with Gasteiger partial charge in [0.15, 0.2) is 0 Å². The van der Waals surface area contributed by atoms with E-state index < -0.39 is 21.9 Å². The molecule has 1 fully saturated rings.